The van der Waals surface area contributed by atoms with E-state index in [9.17, 15) is 4.79 Å². The van der Waals surface area contributed by atoms with Crippen LogP contribution >= 0.6 is 11.6 Å². The van der Waals surface area contributed by atoms with Crippen LogP contribution in [0, 0.1) is 6.92 Å². The molecule has 33 heavy (non-hydrogen) atoms. The van der Waals surface area contributed by atoms with Crippen molar-refractivity contribution >= 4 is 29.0 Å². The molecule has 5 rings (SSSR count). The quantitative estimate of drug-likeness (QED) is 0.456. The number of benzene rings is 2. The predicted molar refractivity (Wildman–Crippen MR) is 121 cm³/mol. The van der Waals surface area contributed by atoms with Crippen LogP contribution in [0.5, 0.6) is 11.5 Å². The molecule has 1 aliphatic heterocycles. The molecule has 1 amide bonds. The number of nitrogens with two attached hydrogens (primary N) is 1. The lowest BCUT2D eigenvalue weighted by atomic mass is 10.2. The minimum atomic E-state index is -0.494. The number of nitrogens with zero attached hydrogens (tertiary/aromatic N) is 4. The number of amides is 1. The number of fused-ring (bicyclic) bond motifs is 1. The summed E-state index contributed by atoms with van der Waals surface area (Å²) in [6.07, 6.45) is 0. The first-order valence-electron chi connectivity index (χ1n) is 10.1. The van der Waals surface area contributed by atoms with Gasteiger partial charge in [0.05, 0.1) is 6.54 Å². The van der Waals surface area contributed by atoms with Gasteiger partial charge in [-0.3, -0.25) is 4.79 Å². The minimum absolute atomic E-state index is 0.00102. The van der Waals surface area contributed by atoms with E-state index in [1.165, 1.54) is 4.68 Å². The second-order valence-electron chi connectivity index (χ2n) is 7.33. The van der Waals surface area contributed by atoms with Crippen molar-refractivity contribution in [2.24, 2.45) is 0 Å². The monoisotopic (exact) mass is 466 g/mol. The van der Waals surface area contributed by atoms with Crippen molar-refractivity contribution in [1.29, 1.82) is 0 Å². The predicted octanol–water partition coefficient (Wildman–Crippen LogP) is 3.55. The third-order valence-electron chi connectivity index (χ3n) is 5.05. The normalized spacial score (nSPS) is 12.5. The zero-order chi connectivity index (χ0) is 22.9. The average Bonchev–Trinajstić information content (AvgIpc) is 3.36. The van der Waals surface area contributed by atoms with Crippen LogP contribution < -0.4 is 20.5 Å². The van der Waals surface area contributed by atoms with E-state index in [1.807, 2.05) is 12.1 Å². The molecule has 0 atom stereocenters. The van der Waals surface area contributed by atoms with Crippen LogP contribution in [0.4, 0.5) is 11.5 Å². The van der Waals surface area contributed by atoms with Crippen LogP contribution in [0.3, 0.4) is 0 Å². The van der Waals surface area contributed by atoms with Gasteiger partial charge in [0, 0.05) is 22.3 Å². The topological polar surface area (TPSA) is 130 Å². The molecule has 0 radical (unpaired) electrons. The summed E-state index contributed by atoms with van der Waals surface area (Å²) in [6.45, 7) is 2.92. The molecule has 3 heterocycles. The van der Waals surface area contributed by atoms with Gasteiger partial charge in [0.15, 0.2) is 23.0 Å². The van der Waals surface area contributed by atoms with E-state index >= 15 is 0 Å². The molecule has 4 aromatic rings. The Morgan fingerprint density at radius 2 is 2.00 bits per heavy atom. The first kappa shape index (κ1) is 20.8. The fourth-order valence-electron chi connectivity index (χ4n) is 3.37. The zero-order valence-corrected chi connectivity index (χ0v) is 18.3. The molecule has 168 valence electrons. The molecule has 1 aliphatic rings. The SMILES string of the molecule is Cc1oc(-c2cccc(Cl)c2)nc1Cn1nnc(C(=O)Nc2ccc3c(c2)OCCO3)c1N. The Morgan fingerprint density at radius 3 is 2.82 bits per heavy atom. The smallest absolute Gasteiger partial charge is 0.280 e. The van der Waals surface area contributed by atoms with Gasteiger partial charge in [-0.2, -0.15) is 0 Å². The standard InChI is InChI=1S/C22H19ClN6O4/c1-12-16(26-22(33-12)13-3-2-4-14(23)9-13)11-29-20(24)19(27-28-29)21(30)25-15-5-6-17-18(10-15)32-8-7-31-17/h2-6,9-10H,7-8,11,24H2,1H3,(H,25,30). The number of nitrogens with one attached hydrogen (secondary N) is 1. The Balaban J connectivity index is 1.33. The van der Waals surface area contributed by atoms with Gasteiger partial charge in [-0.15, -0.1) is 5.10 Å². The lowest BCUT2D eigenvalue weighted by Crippen LogP contribution is -2.17. The molecule has 2 aromatic heterocycles. The van der Waals surface area contributed by atoms with Gasteiger partial charge in [0.1, 0.15) is 24.7 Å². The number of halogens is 1. The second kappa shape index (κ2) is 8.47. The molecule has 10 nitrogen and oxygen atoms in total. The maximum Gasteiger partial charge on any atom is 0.280 e. The van der Waals surface area contributed by atoms with Crippen LogP contribution in [-0.4, -0.2) is 39.1 Å². The molecule has 11 heteroatoms. The summed E-state index contributed by atoms with van der Waals surface area (Å²) >= 11 is 6.06. The summed E-state index contributed by atoms with van der Waals surface area (Å²) in [6, 6.07) is 12.3. The van der Waals surface area contributed by atoms with Gasteiger partial charge in [-0.05, 0) is 37.3 Å². The number of oxazole rings is 1. The summed E-state index contributed by atoms with van der Waals surface area (Å²) in [4.78, 5) is 17.3. The van der Waals surface area contributed by atoms with Crippen molar-refractivity contribution in [3.8, 4) is 23.0 Å². The number of anilines is 2. The molecule has 0 spiro atoms. The largest absolute Gasteiger partial charge is 0.486 e. The highest BCUT2D eigenvalue weighted by atomic mass is 35.5. The highest BCUT2D eigenvalue weighted by Crippen LogP contribution is 2.33. The van der Waals surface area contributed by atoms with E-state index < -0.39 is 5.91 Å². The van der Waals surface area contributed by atoms with Gasteiger partial charge < -0.3 is 24.9 Å². The Labute approximate surface area is 193 Å². The van der Waals surface area contributed by atoms with Crippen molar-refractivity contribution < 1.29 is 18.7 Å². The van der Waals surface area contributed by atoms with Crippen LogP contribution in [-0.2, 0) is 6.54 Å². The number of hydrogen-bond acceptors (Lipinski definition) is 8. The van der Waals surface area contributed by atoms with Crippen molar-refractivity contribution in [1.82, 2.24) is 20.0 Å². The van der Waals surface area contributed by atoms with Crippen molar-refractivity contribution in [3.05, 3.63) is 64.6 Å². The number of ether oxygens (including phenoxy) is 2. The number of rotatable bonds is 5. The van der Waals surface area contributed by atoms with E-state index in [0.717, 1.165) is 5.56 Å². The van der Waals surface area contributed by atoms with Crippen LogP contribution in [0.2, 0.25) is 5.02 Å². The third-order valence-corrected chi connectivity index (χ3v) is 5.29. The fourth-order valence-corrected chi connectivity index (χ4v) is 3.56. The Hall–Kier alpha value is -4.05. The van der Waals surface area contributed by atoms with Crippen LogP contribution in [0.1, 0.15) is 21.9 Å². The Bertz CT molecular complexity index is 1350. The maximum absolute atomic E-state index is 12.7. The maximum atomic E-state index is 12.7. The summed E-state index contributed by atoms with van der Waals surface area (Å²) < 4.78 is 18.2. The zero-order valence-electron chi connectivity index (χ0n) is 17.5. The highest BCUT2D eigenvalue weighted by molar-refractivity contribution is 6.30. The molecular formula is C22H19ClN6O4. The van der Waals surface area contributed by atoms with Crippen molar-refractivity contribution in [2.75, 3.05) is 24.3 Å². The van der Waals surface area contributed by atoms with E-state index in [1.54, 1.807) is 37.3 Å². The highest BCUT2D eigenvalue weighted by Gasteiger charge is 2.21. The lowest BCUT2D eigenvalue weighted by molar-refractivity contribution is 0.102. The first-order valence-corrected chi connectivity index (χ1v) is 10.5. The van der Waals surface area contributed by atoms with Crippen molar-refractivity contribution in [2.45, 2.75) is 13.5 Å². The molecule has 0 saturated carbocycles. The van der Waals surface area contributed by atoms with Gasteiger partial charge in [0.25, 0.3) is 5.91 Å². The number of carbonyl (C=O) groups excluding carboxylic acids is 1. The molecule has 0 unspecified atom stereocenters. The lowest BCUT2D eigenvalue weighted by Gasteiger charge is -2.18. The molecule has 0 aliphatic carbocycles. The number of hydrogen-bond donors (Lipinski definition) is 2. The Kier molecular flexibility index (Phi) is 5.35. The first-order chi connectivity index (χ1) is 16.0. The van der Waals surface area contributed by atoms with Crippen molar-refractivity contribution in [3.63, 3.8) is 0 Å². The van der Waals surface area contributed by atoms with E-state index in [2.05, 4.69) is 20.6 Å². The number of nitrogen functional groups attached to an aromatic ring is 1. The van der Waals surface area contributed by atoms with E-state index in [4.69, 9.17) is 31.2 Å². The molecule has 0 fully saturated rings. The number of aryl methyl sites for hydroxylation is 1. The number of aromatic nitrogens is 4. The van der Waals surface area contributed by atoms with Crippen LogP contribution in [0.15, 0.2) is 46.9 Å². The van der Waals surface area contributed by atoms with Gasteiger partial charge in [-0.1, -0.05) is 22.9 Å². The number of carbonyl (C=O) groups is 1. The molecule has 3 N–H and O–H groups in total. The molecule has 2 aromatic carbocycles. The Morgan fingerprint density at radius 1 is 1.18 bits per heavy atom. The second-order valence-corrected chi connectivity index (χ2v) is 7.76. The fraction of sp³-hybridized carbons (Fsp3) is 0.182. The molecular weight excluding hydrogens is 448 g/mol. The summed E-state index contributed by atoms with van der Waals surface area (Å²) in [7, 11) is 0. The minimum Gasteiger partial charge on any atom is -0.486 e. The van der Waals surface area contributed by atoms with E-state index in [0.29, 0.717) is 52.8 Å². The average molecular weight is 467 g/mol. The summed E-state index contributed by atoms with van der Waals surface area (Å²) in [5.41, 5.74) is 8.05. The van der Waals surface area contributed by atoms with Crippen LogP contribution in [0.25, 0.3) is 11.5 Å². The van der Waals surface area contributed by atoms with Gasteiger partial charge >= 0.3 is 0 Å². The summed E-state index contributed by atoms with van der Waals surface area (Å²) in [5.74, 6) is 1.84. The third kappa shape index (κ3) is 4.20. The molecule has 0 saturated heterocycles. The van der Waals surface area contributed by atoms with Gasteiger partial charge in [-0.25, -0.2) is 9.67 Å². The van der Waals surface area contributed by atoms with E-state index in [-0.39, 0.29) is 18.1 Å². The molecule has 0 bridgehead atoms. The van der Waals surface area contributed by atoms with Gasteiger partial charge in [0.2, 0.25) is 5.89 Å². The summed E-state index contributed by atoms with van der Waals surface area (Å²) in [5, 5.41) is 11.3.